The van der Waals surface area contributed by atoms with Crippen LogP contribution in [0.25, 0.3) is 10.1 Å². The summed E-state index contributed by atoms with van der Waals surface area (Å²) in [5.74, 6) is 1.62. The number of pyridine rings is 1. The van der Waals surface area contributed by atoms with Crippen LogP contribution in [0, 0.1) is 0 Å². The maximum atomic E-state index is 5.75. The Balaban J connectivity index is 1.85. The monoisotopic (exact) mass is 302 g/mol. The molecular weight excluding hydrogens is 288 g/mol. The molecule has 0 aliphatic carbocycles. The molecule has 0 unspecified atom stereocenters. The van der Waals surface area contributed by atoms with Crippen molar-refractivity contribution < 1.29 is 0 Å². The molecule has 0 amide bonds. The Morgan fingerprint density at radius 1 is 1.20 bits per heavy atom. The topological polar surface area (TPSA) is 24.9 Å². The van der Waals surface area contributed by atoms with Crippen molar-refractivity contribution in [1.29, 1.82) is 0 Å². The van der Waals surface area contributed by atoms with Crippen LogP contribution in [0.5, 0.6) is 0 Å². The molecule has 2 aromatic heterocycles. The summed E-state index contributed by atoms with van der Waals surface area (Å²) in [6.45, 7) is 0. The van der Waals surface area contributed by atoms with E-state index in [2.05, 4.69) is 46.0 Å². The van der Waals surface area contributed by atoms with E-state index in [0.29, 0.717) is 5.88 Å². The highest BCUT2D eigenvalue weighted by Crippen LogP contribution is 2.28. The third kappa shape index (κ3) is 2.94. The fourth-order valence-electron chi connectivity index (χ4n) is 2.21. The Labute approximate surface area is 127 Å². The summed E-state index contributed by atoms with van der Waals surface area (Å²) in [6, 6.07) is 12.6. The van der Waals surface area contributed by atoms with Crippen molar-refractivity contribution in [3.63, 3.8) is 0 Å². The molecule has 0 aliphatic rings. The maximum absolute atomic E-state index is 5.75. The molecule has 102 valence electrons. The van der Waals surface area contributed by atoms with Gasteiger partial charge in [0.15, 0.2) is 0 Å². The summed E-state index contributed by atoms with van der Waals surface area (Å²) in [5, 5.41) is 6.67. The number of nitrogens with zero attached hydrogens (tertiary/aromatic N) is 1. The molecule has 1 N–H and O–H groups in total. The van der Waals surface area contributed by atoms with Gasteiger partial charge in [-0.2, -0.15) is 0 Å². The zero-order chi connectivity index (χ0) is 13.8. The number of benzene rings is 1. The zero-order valence-corrected chi connectivity index (χ0v) is 12.5. The number of fused-ring (bicyclic) bond motifs is 1. The van der Waals surface area contributed by atoms with E-state index in [1.165, 1.54) is 15.6 Å². The van der Waals surface area contributed by atoms with Crippen molar-refractivity contribution in [3.8, 4) is 0 Å². The van der Waals surface area contributed by atoms with Crippen molar-refractivity contribution >= 4 is 44.5 Å². The van der Waals surface area contributed by atoms with Crippen LogP contribution in [0.2, 0.25) is 0 Å². The molecule has 20 heavy (non-hydrogen) atoms. The summed E-state index contributed by atoms with van der Waals surface area (Å²) in [7, 11) is 0. The van der Waals surface area contributed by atoms with Gasteiger partial charge in [0.1, 0.15) is 5.82 Å². The second-order valence-electron chi connectivity index (χ2n) is 4.61. The minimum atomic E-state index is 0.702. The summed E-state index contributed by atoms with van der Waals surface area (Å²) in [5.41, 5.74) is 2.37. The number of aryl methyl sites for hydroxylation is 1. The molecule has 2 nitrogen and oxygen atoms in total. The van der Waals surface area contributed by atoms with E-state index < -0.39 is 0 Å². The number of nitrogens with one attached hydrogen (secondary N) is 1. The van der Waals surface area contributed by atoms with E-state index in [1.807, 2.05) is 12.3 Å². The van der Waals surface area contributed by atoms with Crippen molar-refractivity contribution in [2.24, 2.45) is 0 Å². The van der Waals surface area contributed by atoms with Crippen LogP contribution in [0.1, 0.15) is 12.0 Å². The summed E-state index contributed by atoms with van der Waals surface area (Å²) >= 11 is 7.48. The first-order valence-corrected chi connectivity index (χ1v) is 8.02. The quantitative estimate of drug-likeness (QED) is 0.654. The van der Waals surface area contributed by atoms with Crippen LogP contribution in [-0.2, 0) is 6.42 Å². The third-order valence-corrected chi connectivity index (χ3v) is 4.32. The van der Waals surface area contributed by atoms with Crippen molar-refractivity contribution in [2.45, 2.75) is 12.8 Å². The molecular formula is C16H15ClN2S. The minimum absolute atomic E-state index is 0.702. The Morgan fingerprint density at radius 3 is 3.05 bits per heavy atom. The molecule has 0 aliphatic heterocycles. The number of aromatic nitrogens is 1. The Kier molecular flexibility index (Phi) is 4.19. The first-order chi connectivity index (χ1) is 9.86. The largest absolute Gasteiger partial charge is 0.340 e. The number of hydrogen-bond acceptors (Lipinski definition) is 3. The highest BCUT2D eigenvalue weighted by molar-refractivity contribution is 7.17. The summed E-state index contributed by atoms with van der Waals surface area (Å²) < 4.78 is 1.25. The van der Waals surface area contributed by atoms with Crippen LogP contribution >= 0.6 is 22.9 Å². The highest BCUT2D eigenvalue weighted by Gasteiger charge is 2.04. The van der Waals surface area contributed by atoms with E-state index >= 15 is 0 Å². The Morgan fingerprint density at radius 2 is 2.15 bits per heavy atom. The molecule has 1 aromatic carbocycles. The lowest BCUT2D eigenvalue weighted by Gasteiger charge is -2.08. The van der Waals surface area contributed by atoms with Gasteiger partial charge in [0, 0.05) is 27.9 Å². The second kappa shape index (κ2) is 6.25. The molecule has 3 rings (SSSR count). The van der Waals surface area contributed by atoms with Gasteiger partial charge in [-0.05, 0) is 48.1 Å². The molecule has 0 saturated carbocycles. The number of anilines is 2. The average Bonchev–Trinajstić information content (AvgIpc) is 2.95. The molecule has 0 radical (unpaired) electrons. The molecule has 0 spiro atoms. The smallest absolute Gasteiger partial charge is 0.139 e. The fraction of sp³-hybridized carbons (Fsp3) is 0.188. The van der Waals surface area contributed by atoms with Crippen LogP contribution in [0.15, 0.2) is 48.0 Å². The van der Waals surface area contributed by atoms with E-state index in [-0.39, 0.29) is 0 Å². The van der Waals surface area contributed by atoms with Crippen molar-refractivity contribution in [3.05, 3.63) is 53.5 Å². The molecule has 0 saturated heterocycles. The highest BCUT2D eigenvalue weighted by atomic mass is 35.5. The number of halogens is 1. The molecule has 2 heterocycles. The first-order valence-electron chi connectivity index (χ1n) is 6.61. The summed E-state index contributed by atoms with van der Waals surface area (Å²) in [4.78, 5) is 4.44. The number of hydrogen-bond donors (Lipinski definition) is 1. The van der Waals surface area contributed by atoms with E-state index in [0.717, 1.165) is 24.3 Å². The predicted octanol–water partition coefficient (Wildman–Crippen LogP) is 5.21. The van der Waals surface area contributed by atoms with Crippen molar-refractivity contribution in [2.75, 3.05) is 11.2 Å². The van der Waals surface area contributed by atoms with Gasteiger partial charge >= 0.3 is 0 Å². The number of thiophene rings is 1. The molecule has 0 atom stereocenters. The average molecular weight is 303 g/mol. The van der Waals surface area contributed by atoms with Crippen molar-refractivity contribution in [1.82, 2.24) is 4.98 Å². The van der Waals surface area contributed by atoms with E-state index in [4.69, 9.17) is 11.6 Å². The van der Waals surface area contributed by atoms with Gasteiger partial charge in [0.05, 0.1) is 0 Å². The molecule has 4 heteroatoms. The molecule has 0 bridgehead atoms. The standard InChI is InChI=1S/C16H15ClN2S/c17-8-2-4-12-3-1-5-13(11-12)19-16-14-7-10-20-15(14)6-9-18-16/h1,3,5-7,9-11H,2,4,8H2,(H,18,19). The SMILES string of the molecule is ClCCCc1cccc(Nc2nccc3sccc23)c1. The van der Waals surface area contributed by atoms with Crippen LogP contribution in [-0.4, -0.2) is 10.9 Å². The van der Waals surface area contributed by atoms with Gasteiger partial charge in [-0.1, -0.05) is 12.1 Å². The Bertz CT molecular complexity index is 708. The van der Waals surface area contributed by atoms with Gasteiger partial charge in [-0.25, -0.2) is 4.98 Å². The lowest BCUT2D eigenvalue weighted by atomic mass is 10.1. The lowest BCUT2D eigenvalue weighted by Crippen LogP contribution is -1.95. The summed E-state index contributed by atoms with van der Waals surface area (Å²) in [6.07, 6.45) is 3.86. The van der Waals surface area contributed by atoms with Crippen LogP contribution in [0.3, 0.4) is 0 Å². The normalized spacial score (nSPS) is 10.8. The van der Waals surface area contributed by atoms with Gasteiger partial charge < -0.3 is 5.32 Å². The molecule has 0 fully saturated rings. The lowest BCUT2D eigenvalue weighted by molar-refractivity contribution is 0.929. The van der Waals surface area contributed by atoms with E-state index in [9.17, 15) is 0 Å². The first kappa shape index (κ1) is 13.4. The van der Waals surface area contributed by atoms with E-state index in [1.54, 1.807) is 11.3 Å². The van der Waals surface area contributed by atoms with Gasteiger partial charge in [0.25, 0.3) is 0 Å². The van der Waals surface area contributed by atoms with Gasteiger partial charge in [-0.3, -0.25) is 0 Å². The van der Waals surface area contributed by atoms with Gasteiger partial charge in [-0.15, -0.1) is 22.9 Å². The third-order valence-electron chi connectivity index (χ3n) is 3.17. The van der Waals surface area contributed by atoms with Gasteiger partial charge in [0.2, 0.25) is 0 Å². The molecule has 3 aromatic rings. The van der Waals surface area contributed by atoms with Crippen LogP contribution < -0.4 is 5.32 Å². The minimum Gasteiger partial charge on any atom is -0.340 e. The Hall–Kier alpha value is -1.58. The zero-order valence-electron chi connectivity index (χ0n) is 11.0. The maximum Gasteiger partial charge on any atom is 0.139 e. The number of rotatable bonds is 5. The number of alkyl halides is 1. The fourth-order valence-corrected chi connectivity index (χ4v) is 3.12. The second-order valence-corrected chi connectivity index (χ2v) is 5.94. The van der Waals surface area contributed by atoms with Crippen LogP contribution in [0.4, 0.5) is 11.5 Å². The predicted molar refractivity (Wildman–Crippen MR) is 88.4 cm³/mol.